The minimum Gasteiger partial charge on any atom is -0.326 e. The van der Waals surface area contributed by atoms with Gasteiger partial charge in [-0.2, -0.15) is 0 Å². The van der Waals surface area contributed by atoms with Gasteiger partial charge in [-0.05, 0) is 36.2 Å². The van der Waals surface area contributed by atoms with Crippen LogP contribution in [0.4, 0.5) is 10.8 Å². The number of carbonyl (C=O) groups is 2. The minimum atomic E-state index is -0.506. The molecule has 1 aromatic heterocycles. The Balaban J connectivity index is 1.30. The number of nitrogens with one attached hydrogen (secondary N) is 2. The van der Waals surface area contributed by atoms with Gasteiger partial charge in [-0.15, -0.1) is 23.1 Å². The fourth-order valence-corrected chi connectivity index (χ4v) is 5.84. The number of benzene rings is 4. The molecule has 5 rings (SSSR count). The lowest BCUT2D eigenvalue weighted by atomic mass is 10.1. The number of thioether (sulfide) groups is 1. The van der Waals surface area contributed by atoms with Gasteiger partial charge in [-0.25, -0.2) is 4.98 Å². The Morgan fingerprint density at radius 3 is 2.31 bits per heavy atom. The molecule has 39 heavy (non-hydrogen) atoms. The van der Waals surface area contributed by atoms with E-state index < -0.39 is 5.25 Å². The number of hydrogen-bond donors (Lipinski definition) is 2. The molecule has 1 atom stereocenters. The van der Waals surface area contributed by atoms with E-state index in [0.29, 0.717) is 17.2 Å². The molecule has 194 valence electrons. The first-order valence-electron chi connectivity index (χ1n) is 12.5. The molecule has 5 nitrogen and oxygen atoms in total. The third kappa shape index (κ3) is 7.22. The van der Waals surface area contributed by atoms with Crippen LogP contribution in [-0.2, 0) is 16.0 Å². The van der Waals surface area contributed by atoms with Gasteiger partial charge in [0.2, 0.25) is 11.8 Å². The van der Waals surface area contributed by atoms with E-state index in [4.69, 9.17) is 0 Å². The summed E-state index contributed by atoms with van der Waals surface area (Å²) in [7, 11) is 0. The predicted molar refractivity (Wildman–Crippen MR) is 161 cm³/mol. The van der Waals surface area contributed by atoms with Crippen molar-refractivity contribution in [2.75, 3.05) is 10.6 Å². The van der Waals surface area contributed by atoms with E-state index in [0.717, 1.165) is 27.3 Å². The lowest BCUT2D eigenvalue weighted by Gasteiger charge is -2.17. The van der Waals surface area contributed by atoms with Gasteiger partial charge in [0.15, 0.2) is 5.13 Å². The number of rotatable bonds is 9. The van der Waals surface area contributed by atoms with Gasteiger partial charge in [0.05, 0.1) is 12.1 Å². The number of aromatic nitrogens is 1. The van der Waals surface area contributed by atoms with E-state index in [2.05, 4.69) is 15.6 Å². The molecule has 0 bridgehead atoms. The molecule has 0 aliphatic heterocycles. The van der Waals surface area contributed by atoms with Gasteiger partial charge >= 0.3 is 0 Å². The highest BCUT2D eigenvalue weighted by Gasteiger charge is 2.23. The zero-order valence-corrected chi connectivity index (χ0v) is 23.0. The van der Waals surface area contributed by atoms with E-state index in [1.54, 1.807) is 0 Å². The lowest BCUT2D eigenvalue weighted by Crippen LogP contribution is -2.19. The van der Waals surface area contributed by atoms with Crippen LogP contribution in [0.2, 0.25) is 0 Å². The first kappa shape index (κ1) is 26.4. The van der Waals surface area contributed by atoms with Gasteiger partial charge in [0.25, 0.3) is 0 Å². The van der Waals surface area contributed by atoms with Crippen LogP contribution < -0.4 is 10.6 Å². The molecule has 0 spiro atoms. The molecule has 1 unspecified atom stereocenters. The monoisotopic (exact) mass is 549 g/mol. The smallest absolute Gasteiger partial charge is 0.244 e. The summed E-state index contributed by atoms with van der Waals surface area (Å²) in [5, 5.41) is 7.99. The van der Waals surface area contributed by atoms with Crippen LogP contribution >= 0.6 is 23.1 Å². The van der Waals surface area contributed by atoms with Gasteiger partial charge in [-0.1, -0.05) is 96.6 Å². The number of hydrogen-bond acceptors (Lipinski definition) is 5. The van der Waals surface area contributed by atoms with Crippen molar-refractivity contribution >= 4 is 45.7 Å². The molecule has 0 aliphatic carbocycles. The molecule has 5 aromatic rings. The molecule has 0 radical (unpaired) electrons. The molecule has 0 saturated carbocycles. The molecule has 2 N–H and O–H groups in total. The van der Waals surface area contributed by atoms with Crippen molar-refractivity contribution in [2.24, 2.45) is 0 Å². The standard InChI is InChI=1S/C32H27N3O2S2/c1-22-15-17-24(18-16-22)28-21-38-32(34-28)35-31(37)30(25-11-6-3-7-12-25)39-27-14-8-13-26(20-27)33-29(36)19-23-9-4-2-5-10-23/h2-18,20-21,30H,19H2,1H3,(H,33,36)(H,34,35,37). The second kappa shape index (κ2) is 12.6. The number of thiazole rings is 1. The highest BCUT2D eigenvalue weighted by molar-refractivity contribution is 8.00. The van der Waals surface area contributed by atoms with Crippen LogP contribution in [0.25, 0.3) is 11.3 Å². The second-order valence-corrected chi connectivity index (χ2v) is 11.1. The molecular weight excluding hydrogens is 523 g/mol. The Morgan fingerprint density at radius 2 is 1.56 bits per heavy atom. The summed E-state index contributed by atoms with van der Waals surface area (Å²) < 4.78 is 0. The lowest BCUT2D eigenvalue weighted by molar-refractivity contribution is -0.116. The maximum Gasteiger partial charge on any atom is 0.244 e. The molecule has 0 aliphatic rings. The second-order valence-electron chi connectivity index (χ2n) is 9.04. The summed E-state index contributed by atoms with van der Waals surface area (Å²) in [6.07, 6.45) is 0.297. The Kier molecular flexibility index (Phi) is 8.51. The number of carbonyl (C=O) groups excluding carboxylic acids is 2. The van der Waals surface area contributed by atoms with Gasteiger partial charge < -0.3 is 10.6 Å². The van der Waals surface area contributed by atoms with Gasteiger partial charge in [0.1, 0.15) is 5.25 Å². The van der Waals surface area contributed by atoms with Crippen molar-refractivity contribution in [3.05, 3.63) is 131 Å². The number of nitrogens with zero attached hydrogens (tertiary/aromatic N) is 1. The third-order valence-corrected chi connectivity index (χ3v) is 8.01. The van der Waals surface area contributed by atoms with E-state index in [-0.39, 0.29) is 11.8 Å². The number of amides is 2. The molecule has 2 amide bonds. The first-order valence-corrected chi connectivity index (χ1v) is 14.3. The summed E-state index contributed by atoms with van der Waals surface area (Å²) in [4.78, 5) is 31.6. The molecule has 1 heterocycles. The van der Waals surface area contributed by atoms with Crippen LogP contribution in [0, 0.1) is 6.92 Å². The summed E-state index contributed by atoms with van der Waals surface area (Å²) >= 11 is 2.84. The van der Waals surface area contributed by atoms with Crippen LogP contribution in [0.3, 0.4) is 0 Å². The molecular formula is C32H27N3O2S2. The van der Waals surface area contributed by atoms with Crippen LogP contribution in [0.15, 0.2) is 119 Å². The maximum absolute atomic E-state index is 13.5. The van der Waals surface area contributed by atoms with Crippen molar-refractivity contribution in [3.8, 4) is 11.3 Å². The SMILES string of the molecule is Cc1ccc(-c2csc(NC(=O)C(Sc3cccc(NC(=O)Cc4ccccc4)c3)c3ccccc3)n2)cc1. The van der Waals surface area contributed by atoms with Crippen molar-refractivity contribution in [3.63, 3.8) is 0 Å². The Hall–Kier alpha value is -4.20. The third-order valence-electron chi connectivity index (χ3n) is 6.00. The molecule has 0 saturated heterocycles. The number of anilines is 2. The Bertz CT molecular complexity index is 1550. The average molecular weight is 550 g/mol. The zero-order chi connectivity index (χ0) is 27.0. The molecule has 0 fully saturated rings. The Labute approximate surface area is 236 Å². The fourth-order valence-electron chi connectivity index (χ4n) is 4.03. The molecule has 4 aromatic carbocycles. The number of aryl methyl sites for hydroxylation is 1. The van der Waals surface area contributed by atoms with Crippen LogP contribution in [0.5, 0.6) is 0 Å². The Morgan fingerprint density at radius 1 is 0.846 bits per heavy atom. The van der Waals surface area contributed by atoms with Crippen molar-refractivity contribution in [1.82, 2.24) is 4.98 Å². The van der Waals surface area contributed by atoms with Crippen LogP contribution in [0.1, 0.15) is 21.9 Å². The first-order chi connectivity index (χ1) is 19.0. The van der Waals surface area contributed by atoms with E-state index in [1.165, 1.54) is 28.7 Å². The highest BCUT2D eigenvalue weighted by Crippen LogP contribution is 2.37. The minimum absolute atomic E-state index is 0.0890. The zero-order valence-electron chi connectivity index (χ0n) is 21.3. The molecule has 7 heteroatoms. The average Bonchev–Trinajstić information content (AvgIpc) is 3.41. The summed E-state index contributed by atoms with van der Waals surface area (Å²) in [6, 6.07) is 35.1. The predicted octanol–water partition coefficient (Wildman–Crippen LogP) is 7.77. The maximum atomic E-state index is 13.5. The van der Waals surface area contributed by atoms with E-state index in [9.17, 15) is 9.59 Å². The van der Waals surface area contributed by atoms with E-state index in [1.807, 2.05) is 121 Å². The van der Waals surface area contributed by atoms with Gasteiger partial charge in [-0.3, -0.25) is 9.59 Å². The largest absolute Gasteiger partial charge is 0.326 e. The van der Waals surface area contributed by atoms with Crippen LogP contribution in [-0.4, -0.2) is 16.8 Å². The van der Waals surface area contributed by atoms with E-state index >= 15 is 0 Å². The fraction of sp³-hybridized carbons (Fsp3) is 0.0938. The quantitative estimate of drug-likeness (QED) is 0.184. The van der Waals surface area contributed by atoms with Crippen molar-refractivity contribution < 1.29 is 9.59 Å². The van der Waals surface area contributed by atoms with Crippen molar-refractivity contribution in [1.29, 1.82) is 0 Å². The highest BCUT2D eigenvalue weighted by atomic mass is 32.2. The summed E-state index contributed by atoms with van der Waals surface area (Å²) in [5.74, 6) is -0.247. The van der Waals surface area contributed by atoms with Gasteiger partial charge in [0, 0.05) is 21.5 Å². The normalized spacial score (nSPS) is 11.5. The topological polar surface area (TPSA) is 71.1 Å². The summed E-state index contributed by atoms with van der Waals surface area (Å²) in [5.41, 5.74) is 5.55. The summed E-state index contributed by atoms with van der Waals surface area (Å²) in [6.45, 7) is 2.05. The van der Waals surface area contributed by atoms with Crippen molar-refractivity contribution in [2.45, 2.75) is 23.5 Å².